The van der Waals surface area contributed by atoms with Gasteiger partial charge in [-0.2, -0.15) is 0 Å². The smallest absolute Gasteiger partial charge is 0.378 e. The summed E-state index contributed by atoms with van der Waals surface area (Å²) in [6.45, 7) is 5.74. The van der Waals surface area contributed by atoms with Crippen LogP contribution in [0.5, 0.6) is 0 Å². The van der Waals surface area contributed by atoms with Crippen molar-refractivity contribution in [3.8, 4) is 0 Å². The van der Waals surface area contributed by atoms with Crippen LogP contribution >= 0.6 is 11.8 Å². The summed E-state index contributed by atoms with van der Waals surface area (Å²) in [6, 6.07) is 31.0. The monoisotopic (exact) mass is 501 g/mol. The summed E-state index contributed by atoms with van der Waals surface area (Å²) in [6.07, 6.45) is 1.64. The fourth-order valence-corrected chi connectivity index (χ4v) is 5.04. The van der Waals surface area contributed by atoms with Gasteiger partial charge in [0.25, 0.3) is 5.84 Å². The topological polar surface area (TPSA) is 63.2 Å². The molecule has 3 aromatic rings. The van der Waals surface area contributed by atoms with Crippen molar-refractivity contribution in [1.29, 1.82) is 0 Å². The zero-order valence-electron chi connectivity index (χ0n) is 20.7. The van der Waals surface area contributed by atoms with Gasteiger partial charge in [-0.3, -0.25) is 10.2 Å². The second kappa shape index (κ2) is 11.9. The van der Waals surface area contributed by atoms with Gasteiger partial charge in [0.2, 0.25) is 0 Å². The lowest BCUT2D eigenvalue weighted by Gasteiger charge is -2.41. The molecule has 4 rings (SSSR count). The minimum Gasteiger partial charge on any atom is -0.460 e. The van der Waals surface area contributed by atoms with Crippen LogP contribution in [-0.4, -0.2) is 34.9 Å². The Morgan fingerprint density at radius 1 is 0.944 bits per heavy atom. The van der Waals surface area contributed by atoms with Crippen molar-refractivity contribution in [1.82, 2.24) is 10.2 Å². The first-order chi connectivity index (χ1) is 17.6. The summed E-state index contributed by atoms with van der Waals surface area (Å²) in [7, 11) is 0. The van der Waals surface area contributed by atoms with Crippen LogP contribution in [0.2, 0.25) is 0 Å². The summed E-state index contributed by atoms with van der Waals surface area (Å²) >= 11 is 1.55. The Bertz CT molecular complexity index is 1090. The molecular formula is C29H31N3O3S. The van der Waals surface area contributed by atoms with E-state index in [1.165, 1.54) is 0 Å². The summed E-state index contributed by atoms with van der Waals surface area (Å²) < 4.78 is 5.32. The molecule has 0 bridgehead atoms. The highest BCUT2D eigenvalue weighted by Crippen LogP contribution is 2.39. The lowest BCUT2D eigenvalue weighted by molar-refractivity contribution is -0.136. The fourth-order valence-electron chi connectivity index (χ4n) is 4.14. The highest BCUT2D eigenvalue weighted by atomic mass is 32.2. The molecule has 1 aliphatic heterocycles. The third kappa shape index (κ3) is 5.48. The van der Waals surface area contributed by atoms with Gasteiger partial charge in [-0.25, -0.2) is 4.79 Å². The maximum Gasteiger partial charge on any atom is 0.378 e. The van der Waals surface area contributed by atoms with Crippen LogP contribution in [0.4, 0.5) is 0 Å². The van der Waals surface area contributed by atoms with Gasteiger partial charge in [-0.1, -0.05) is 108 Å². The minimum absolute atomic E-state index is 0.0902. The molecular weight excluding hydrogens is 470 g/mol. The Labute approximate surface area is 217 Å². The van der Waals surface area contributed by atoms with Crippen LogP contribution in [0.15, 0.2) is 108 Å². The molecule has 0 spiro atoms. The van der Waals surface area contributed by atoms with Gasteiger partial charge in [0.1, 0.15) is 11.6 Å². The molecule has 0 amide bonds. The zero-order valence-corrected chi connectivity index (χ0v) is 21.5. The predicted molar refractivity (Wildman–Crippen MR) is 145 cm³/mol. The van der Waals surface area contributed by atoms with Gasteiger partial charge in [0.15, 0.2) is 0 Å². The van der Waals surface area contributed by atoms with E-state index in [2.05, 4.69) is 46.9 Å². The Morgan fingerprint density at radius 2 is 1.44 bits per heavy atom. The number of rotatable bonds is 8. The van der Waals surface area contributed by atoms with Crippen LogP contribution in [0, 0.1) is 0 Å². The quantitative estimate of drug-likeness (QED) is 0.141. The van der Waals surface area contributed by atoms with Crippen LogP contribution in [0.25, 0.3) is 0 Å². The van der Waals surface area contributed by atoms with E-state index in [0.717, 1.165) is 16.7 Å². The molecule has 3 aromatic carbocycles. The maximum atomic E-state index is 12.9. The molecule has 0 saturated carbocycles. The van der Waals surface area contributed by atoms with Crippen molar-refractivity contribution in [3.05, 3.63) is 119 Å². The largest absolute Gasteiger partial charge is 0.460 e. The average molecular weight is 502 g/mol. The SMILES string of the molecule is CCOC(=O)C(=NOC(C)C)N1C=CSC1NC(c1ccccc1)(c1ccccc1)c1ccccc1. The van der Waals surface area contributed by atoms with Gasteiger partial charge in [0, 0.05) is 6.20 Å². The number of amidine groups is 1. The molecule has 7 heteroatoms. The fraction of sp³-hybridized carbons (Fsp3) is 0.241. The average Bonchev–Trinajstić information content (AvgIpc) is 3.36. The highest BCUT2D eigenvalue weighted by Gasteiger charge is 2.42. The third-order valence-electron chi connectivity index (χ3n) is 5.69. The highest BCUT2D eigenvalue weighted by molar-refractivity contribution is 8.02. The number of oxime groups is 1. The normalized spacial score (nSPS) is 15.8. The number of carbonyl (C=O) groups excluding carboxylic acids is 1. The van der Waals surface area contributed by atoms with E-state index in [1.54, 1.807) is 23.6 Å². The van der Waals surface area contributed by atoms with Crippen LogP contribution in [-0.2, 0) is 19.9 Å². The van der Waals surface area contributed by atoms with Crippen molar-refractivity contribution in [2.75, 3.05) is 6.61 Å². The van der Waals surface area contributed by atoms with Gasteiger partial charge in [0.05, 0.1) is 12.1 Å². The number of esters is 1. The van der Waals surface area contributed by atoms with E-state index in [-0.39, 0.29) is 24.0 Å². The third-order valence-corrected chi connectivity index (χ3v) is 6.58. The standard InChI is InChI=1S/C29H31N3O3S/c1-4-34-27(33)26(31-35-22(2)3)32-20-21-36-28(32)30-29(23-14-8-5-9-15-23,24-16-10-6-11-17-24)25-18-12-7-13-19-25/h5-22,28,30H,4H2,1-3H3. The molecule has 0 fully saturated rings. The van der Waals surface area contributed by atoms with E-state index < -0.39 is 11.5 Å². The van der Waals surface area contributed by atoms with Crippen LogP contribution < -0.4 is 5.32 Å². The molecule has 6 nitrogen and oxygen atoms in total. The first-order valence-corrected chi connectivity index (χ1v) is 13.0. The van der Waals surface area contributed by atoms with Crippen LogP contribution in [0.3, 0.4) is 0 Å². The van der Waals surface area contributed by atoms with Gasteiger partial charge >= 0.3 is 5.97 Å². The Kier molecular flexibility index (Phi) is 8.46. The predicted octanol–water partition coefficient (Wildman–Crippen LogP) is 5.67. The molecule has 0 saturated heterocycles. The number of nitrogens with one attached hydrogen (secondary N) is 1. The number of carbonyl (C=O) groups is 1. The van der Waals surface area contributed by atoms with E-state index in [9.17, 15) is 4.79 Å². The number of hydrogen-bond acceptors (Lipinski definition) is 6. The first-order valence-electron chi connectivity index (χ1n) is 12.0. The summed E-state index contributed by atoms with van der Waals surface area (Å²) in [5.74, 6) is -0.450. The summed E-state index contributed by atoms with van der Waals surface area (Å²) in [5, 5.41) is 10.00. The lowest BCUT2D eigenvalue weighted by Crippen LogP contribution is -2.54. The maximum absolute atomic E-state index is 12.9. The van der Waals surface area contributed by atoms with Crippen molar-refractivity contribution in [2.24, 2.45) is 5.16 Å². The second-order valence-corrected chi connectivity index (χ2v) is 9.45. The number of nitrogens with zero attached hydrogens (tertiary/aromatic N) is 2. The number of ether oxygens (including phenoxy) is 1. The minimum atomic E-state index is -0.718. The number of hydrogen-bond donors (Lipinski definition) is 1. The molecule has 1 unspecified atom stereocenters. The molecule has 1 aliphatic rings. The van der Waals surface area contributed by atoms with Gasteiger partial charge in [-0.05, 0) is 42.9 Å². The first kappa shape index (κ1) is 25.5. The Hall–Kier alpha value is -3.55. The van der Waals surface area contributed by atoms with Gasteiger partial charge < -0.3 is 9.57 Å². The van der Waals surface area contributed by atoms with Crippen molar-refractivity contribution < 1.29 is 14.4 Å². The van der Waals surface area contributed by atoms with E-state index in [4.69, 9.17) is 9.57 Å². The lowest BCUT2D eigenvalue weighted by atomic mass is 9.77. The van der Waals surface area contributed by atoms with Crippen molar-refractivity contribution in [2.45, 2.75) is 37.9 Å². The van der Waals surface area contributed by atoms with Crippen LogP contribution in [0.1, 0.15) is 37.5 Å². The van der Waals surface area contributed by atoms with E-state index >= 15 is 0 Å². The Morgan fingerprint density at radius 3 is 1.89 bits per heavy atom. The zero-order chi connectivity index (χ0) is 25.4. The molecule has 1 atom stereocenters. The van der Waals surface area contributed by atoms with Crippen molar-refractivity contribution >= 4 is 23.6 Å². The number of thioether (sulfide) groups is 1. The molecule has 1 N–H and O–H groups in total. The van der Waals surface area contributed by atoms with Gasteiger partial charge in [-0.15, -0.1) is 0 Å². The summed E-state index contributed by atoms with van der Waals surface area (Å²) in [5.41, 5.74) is 2.13. The van der Waals surface area contributed by atoms with E-state index in [1.807, 2.05) is 80.1 Å². The summed E-state index contributed by atoms with van der Waals surface area (Å²) in [4.78, 5) is 20.2. The molecule has 0 aromatic heterocycles. The van der Waals surface area contributed by atoms with Crippen molar-refractivity contribution in [3.63, 3.8) is 0 Å². The van der Waals surface area contributed by atoms with E-state index in [0.29, 0.717) is 0 Å². The molecule has 36 heavy (non-hydrogen) atoms. The Balaban J connectivity index is 1.84. The molecule has 1 heterocycles. The number of benzene rings is 3. The molecule has 0 radical (unpaired) electrons. The molecule has 0 aliphatic carbocycles. The molecule has 186 valence electrons. The second-order valence-electron chi connectivity index (χ2n) is 8.46.